The van der Waals surface area contributed by atoms with Crippen LogP contribution in [-0.4, -0.2) is 55.1 Å². The molecule has 0 aliphatic carbocycles. The lowest BCUT2D eigenvalue weighted by Crippen LogP contribution is -2.46. The Balaban J connectivity index is 1.51. The van der Waals surface area contributed by atoms with Crippen molar-refractivity contribution in [2.45, 2.75) is 6.54 Å². The van der Waals surface area contributed by atoms with E-state index in [1.165, 1.54) is 5.56 Å². The minimum Gasteiger partial charge on any atom is -0.362 e. The predicted octanol–water partition coefficient (Wildman–Crippen LogP) is 3.02. The Morgan fingerprint density at radius 1 is 0.846 bits per heavy atom. The van der Waals surface area contributed by atoms with Crippen LogP contribution in [0.2, 0.25) is 0 Å². The molecule has 0 bridgehead atoms. The molecule has 1 aliphatic rings. The molecule has 0 saturated carbocycles. The number of para-hydroxylation sites is 1. The molecule has 1 saturated heterocycles. The van der Waals surface area contributed by atoms with E-state index in [9.17, 15) is 0 Å². The van der Waals surface area contributed by atoms with Crippen LogP contribution in [0.1, 0.15) is 5.56 Å². The van der Waals surface area contributed by atoms with E-state index in [-0.39, 0.29) is 0 Å². The van der Waals surface area contributed by atoms with Crippen molar-refractivity contribution >= 4 is 22.7 Å². The number of aromatic nitrogens is 2. The second-order valence-corrected chi connectivity index (χ2v) is 7.01. The molecule has 0 spiro atoms. The van der Waals surface area contributed by atoms with Gasteiger partial charge in [-0.25, -0.2) is 4.98 Å². The van der Waals surface area contributed by atoms with Gasteiger partial charge in [-0.05, 0) is 17.7 Å². The van der Waals surface area contributed by atoms with Crippen LogP contribution in [0.3, 0.4) is 0 Å². The lowest BCUT2D eigenvalue weighted by Gasteiger charge is -2.35. The first-order chi connectivity index (χ1) is 12.7. The third-order valence-electron chi connectivity index (χ3n) is 4.90. The van der Waals surface area contributed by atoms with Gasteiger partial charge in [-0.3, -0.25) is 4.90 Å². The number of rotatable bonds is 4. The fraction of sp³-hybridized carbons (Fsp3) is 0.333. The van der Waals surface area contributed by atoms with E-state index in [0.29, 0.717) is 0 Å². The molecule has 2 heterocycles. The fourth-order valence-electron chi connectivity index (χ4n) is 3.48. The van der Waals surface area contributed by atoms with Gasteiger partial charge >= 0.3 is 0 Å². The monoisotopic (exact) mass is 347 g/mol. The molecule has 5 nitrogen and oxygen atoms in total. The zero-order chi connectivity index (χ0) is 17.9. The molecule has 5 heteroatoms. The number of anilines is 2. The molecule has 1 aromatic heterocycles. The molecule has 2 aromatic carbocycles. The number of fused-ring (bicyclic) bond motifs is 1. The lowest BCUT2D eigenvalue weighted by atomic mass is 10.2. The molecule has 1 aliphatic heterocycles. The maximum atomic E-state index is 4.86. The molecular weight excluding hydrogens is 322 g/mol. The van der Waals surface area contributed by atoms with Crippen LogP contribution in [0.4, 0.5) is 11.8 Å². The van der Waals surface area contributed by atoms with Crippen molar-refractivity contribution in [3.63, 3.8) is 0 Å². The van der Waals surface area contributed by atoms with Crippen molar-refractivity contribution in [3.8, 4) is 0 Å². The zero-order valence-corrected chi connectivity index (χ0v) is 15.5. The summed E-state index contributed by atoms with van der Waals surface area (Å²) < 4.78 is 0. The highest BCUT2D eigenvalue weighted by atomic mass is 15.3. The van der Waals surface area contributed by atoms with E-state index < -0.39 is 0 Å². The third-order valence-corrected chi connectivity index (χ3v) is 4.90. The van der Waals surface area contributed by atoms with Crippen LogP contribution >= 0.6 is 0 Å². The van der Waals surface area contributed by atoms with Crippen molar-refractivity contribution in [1.82, 2.24) is 14.9 Å². The van der Waals surface area contributed by atoms with Gasteiger partial charge in [0.1, 0.15) is 5.82 Å². The Morgan fingerprint density at radius 2 is 1.54 bits per heavy atom. The average Bonchev–Trinajstić information content (AvgIpc) is 2.68. The molecular formula is C21H25N5. The summed E-state index contributed by atoms with van der Waals surface area (Å²) in [7, 11) is 4.08. The molecule has 4 rings (SSSR count). The summed E-state index contributed by atoms with van der Waals surface area (Å²) in [6, 6.07) is 18.9. The van der Waals surface area contributed by atoms with Gasteiger partial charge in [-0.1, -0.05) is 42.5 Å². The van der Waals surface area contributed by atoms with Gasteiger partial charge in [0.25, 0.3) is 0 Å². The summed E-state index contributed by atoms with van der Waals surface area (Å²) in [6.45, 7) is 4.98. The summed E-state index contributed by atoms with van der Waals surface area (Å²) >= 11 is 0. The number of piperazine rings is 1. The molecule has 0 atom stereocenters. The number of benzene rings is 2. The first kappa shape index (κ1) is 16.8. The quantitative estimate of drug-likeness (QED) is 0.725. The fourth-order valence-corrected chi connectivity index (χ4v) is 3.48. The maximum Gasteiger partial charge on any atom is 0.227 e. The smallest absolute Gasteiger partial charge is 0.227 e. The highest BCUT2D eigenvalue weighted by Gasteiger charge is 2.20. The molecule has 26 heavy (non-hydrogen) atoms. The topological polar surface area (TPSA) is 35.5 Å². The average molecular weight is 347 g/mol. The lowest BCUT2D eigenvalue weighted by molar-refractivity contribution is 0.249. The minimum atomic E-state index is 0.840. The first-order valence-electron chi connectivity index (χ1n) is 9.16. The Bertz CT molecular complexity index is 870. The van der Waals surface area contributed by atoms with Crippen LogP contribution in [0.5, 0.6) is 0 Å². The highest BCUT2D eigenvalue weighted by molar-refractivity contribution is 5.90. The van der Waals surface area contributed by atoms with Gasteiger partial charge in [0, 0.05) is 52.2 Å². The summed E-state index contributed by atoms with van der Waals surface area (Å²) in [5.74, 6) is 1.82. The number of hydrogen-bond donors (Lipinski definition) is 0. The van der Waals surface area contributed by atoms with Crippen molar-refractivity contribution in [3.05, 3.63) is 60.2 Å². The Labute approximate surface area is 154 Å². The van der Waals surface area contributed by atoms with E-state index in [0.717, 1.165) is 55.4 Å². The van der Waals surface area contributed by atoms with E-state index in [2.05, 4.69) is 57.2 Å². The second kappa shape index (κ2) is 7.30. The predicted molar refractivity (Wildman–Crippen MR) is 108 cm³/mol. The second-order valence-electron chi connectivity index (χ2n) is 7.01. The van der Waals surface area contributed by atoms with Gasteiger partial charge in [-0.15, -0.1) is 0 Å². The molecule has 134 valence electrons. The number of nitrogens with zero attached hydrogens (tertiary/aromatic N) is 5. The largest absolute Gasteiger partial charge is 0.362 e. The van der Waals surface area contributed by atoms with Gasteiger partial charge in [-0.2, -0.15) is 4.98 Å². The van der Waals surface area contributed by atoms with Crippen molar-refractivity contribution in [1.29, 1.82) is 0 Å². The maximum absolute atomic E-state index is 4.86. The van der Waals surface area contributed by atoms with Crippen molar-refractivity contribution in [2.24, 2.45) is 0 Å². The Kier molecular flexibility index (Phi) is 4.71. The first-order valence-corrected chi connectivity index (χ1v) is 9.16. The normalized spacial score (nSPS) is 15.4. The van der Waals surface area contributed by atoms with Crippen molar-refractivity contribution in [2.75, 3.05) is 50.1 Å². The molecule has 0 amide bonds. The SMILES string of the molecule is CN(C)c1nc(N2CCN(Cc3ccccc3)CC2)nc2ccccc12. The van der Waals surface area contributed by atoms with Crippen LogP contribution < -0.4 is 9.80 Å². The molecule has 3 aromatic rings. The van der Waals surface area contributed by atoms with E-state index in [4.69, 9.17) is 9.97 Å². The molecule has 0 radical (unpaired) electrons. The number of hydrogen-bond acceptors (Lipinski definition) is 5. The van der Waals surface area contributed by atoms with E-state index in [1.807, 2.05) is 26.2 Å². The summed E-state index contributed by atoms with van der Waals surface area (Å²) in [5.41, 5.74) is 2.38. The van der Waals surface area contributed by atoms with E-state index in [1.54, 1.807) is 0 Å². The summed E-state index contributed by atoms with van der Waals surface area (Å²) in [6.07, 6.45) is 0. The zero-order valence-electron chi connectivity index (χ0n) is 15.5. The van der Waals surface area contributed by atoms with Gasteiger partial charge in [0.15, 0.2) is 0 Å². The summed E-state index contributed by atoms with van der Waals surface area (Å²) in [4.78, 5) is 16.6. The van der Waals surface area contributed by atoms with Gasteiger partial charge < -0.3 is 9.80 Å². The minimum absolute atomic E-state index is 0.840. The van der Waals surface area contributed by atoms with Crippen LogP contribution in [0.15, 0.2) is 54.6 Å². The third kappa shape index (κ3) is 3.48. The Hall–Kier alpha value is -2.66. The van der Waals surface area contributed by atoms with Gasteiger partial charge in [0.2, 0.25) is 5.95 Å². The van der Waals surface area contributed by atoms with Gasteiger partial charge in [0.05, 0.1) is 5.52 Å². The standard InChI is InChI=1S/C21H25N5/c1-24(2)20-18-10-6-7-11-19(18)22-21(23-20)26-14-12-25(13-15-26)16-17-8-4-3-5-9-17/h3-11H,12-16H2,1-2H3. The molecule has 0 N–H and O–H groups in total. The van der Waals surface area contributed by atoms with E-state index >= 15 is 0 Å². The molecule has 1 fully saturated rings. The van der Waals surface area contributed by atoms with Crippen LogP contribution in [0.25, 0.3) is 10.9 Å². The highest BCUT2D eigenvalue weighted by Crippen LogP contribution is 2.25. The van der Waals surface area contributed by atoms with Crippen LogP contribution in [-0.2, 0) is 6.54 Å². The molecule has 0 unspecified atom stereocenters. The summed E-state index contributed by atoms with van der Waals surface area (Å²) in [5, 5.41) is 1.10. The Morgan fingerprint density at radius 3 is 2.27 bits per heavy atom. The van der Waals surface area contributed by atoms with Crippen molar-refractivity contribution < 1.29 is 0 Å². The van der Waals surface area contributed by atoms with Crippen LogP contribution in [0, 0.1) is 0 Å².